The van der Waals surface area contributed by atoms with Crippen LogP contribution in [0, 0.1) is 0 Å². The molecule has 1 heterocycles. The van der Waals surface area contributed by atoms with Crippen LogP contribution in [0.3, 0.4) is 0 Å². The van der Waals surface area contributed by atoms with Crippen LogP contribution >= 0.6 is 12.2 Å². The van der Waals surface area contributed by atoms with E-state index in [9.17, 15) is 0 Å². The lowest BCUT2D eigenvalue weighted by Gasteiger charge is -2.09. The zero-order valence-electron chi connectivity index (χ0n) is 8.40. The van der Waals surface area contributed by atoms with Crippen LogP contribution in [0.1, 0.15) is 6.92 Å². The Balaban J connectivity index is 2.25. The number of imidazole rings is 1. The Kier molecular flexibility index (Phi) is 2.82. The minimum Gasteiger partial charge on any atom is -0.362 e. The minimum atomic E-state index is 0.598. The van der Waals surface area contributed by atoms with Gasteiger partial charge in [0.2, 0.25) is 0 Å². The molecule has 2 N–H and O–H groups in total. The van der Waals surface area contributed by atoms with E-state index in [-0.39, 0.29) is 0 Å². The van der Waals surface area contributed by atoms with Crippen molar-refractivity contribution in [3.63, 3.8) is 0 Å². The molecule has 0 amide bonds. The highest BCUT2D eigenvalue weighted by Crippen LogP contribution is 2.09. The largest absolute Gasteiger partial charge is 0.362 e. The molecule has 0 bridgehead atoms. The maximum atomic E-state index is 5.09. The summed E-state index contributed by atoms with van der Waals surface area (Å²) in [4.78, 5) is 4.24. The van der Waals surface area contributed by atoms with E-state index >= 15 is 0 Å². The number of thiocarbonyl (C=S) groups is 1. The molecular weight excluding hydrogens is 208 g/mol. The van der Waals surface area contributed by atoms with Gasteiger partial charge >= 0.3 is 0 Å². The Morgan fingerprint density at radius 1 is 1.47 bits per heavy atom. The molecule has 0 atom stereocenters. The van der Waals surface area contributed by atoms with E-state index in [0.717, 1.165) is 17.6 Å². The summed E-state index contributed by atoms with van der Waals surface area (Å²) < 4.78 is 1.81. The van der Waals surface area contributed by atoms with Crippen LogP contribution in [-0.2, 0) is 0 Å². The molecule has 15 heavy (non-hydrogen) atoms. The zero-order valence-corrected chi connectivity index (χ0v) is 9.21. The third kappa shape index (κ3) is 2.07. The topological polar surface area (TPSA) is 41.9 Å². The van der Waals surface area contributed by atoms with Crippen molar-refractivity contribution in [3.8, 4) is 0 Å². The lowest BCUT2D eigenvalue weighted by Crippen LogP contribution is -2.33. The highest BCUT2D eigenvalue weighted by atomic mass is 32.1. The second-order valence-corrected chi connectivity index (χ2v) is 3.48. The van der Waals surface area contributed by atoms with Gasteiger partial charge in [-0.1, -0.05) is 12.1 Å². The first-order chi connectivity index (χ1) is 7.31. The van der Waals surface area contributed by atoms with Gasteiger partial charge in [0.15, 0.2) is 5.11 Å². The average molecular weight is 220 g/mol. The summed E-state index contributed by atoms with van der Waals surface area (Å²) in [5, 5.41) is 3.62. The number of rotatable bonds is 2. The molecule has 0 unspecified atom stereocenters. The summed E-state index contributed by atoms with van der Waals surface area (Å²) in [5.41, 5.74) is 5.00. The molecule has 0 spiro atoms. The molecule has 4 nitrogen and oxygen atoms in total. The van der Waals surface area contributed by atoms with Crippen LogP contribution < -0.4 is 10.7 Å². The third-order valence-corrected chi connectivity index (χ3v) is 2.25. The van der Waals surface area contributed by atoms with Gasteiger partial charge in [-0.3, -0.25) is 5.43 Å². The Labute approximate surface area is 93.3 Å². The molecule has 1 aromatic carbocycles. The second-order valence-electron chi connectivity index (χ2n) is 3.07. The molecular formula is C10H12N4S. The number of aromatic nitrogens is 2. The quantitative estimate of drug-likeness (QED) is 0.752. The van der Waals surface area contributed by atoms with E-state index < -0.39 is 0 Å². The molecule has 2 rings (SSSR count). The molecule has 0 saturated carbocycles. The Hall–Kier alpha value is -1.62. The van der Waals surface area contributed by atoms with Crippen molar-refractivity contribution in [2.24, 2.45) is 0 Å². The SMILES string of the molecule is CCNC(=S)Nn1cnc2ccccc21. The number of fused-ring (bicyclic) bond motifs is 1. The monoisotopic (exact) mass is 220 g/mol. The van der Waals surface area contributed by atoms with Crippen molar-refractivity contribution >= 4 is 28.4 Å². The summed E-state index contributed by atoms with van der Waals surface area (Å²) >= 11 is 5.09. The van der Waals surface area contributed by atoms with Crippen molar-refractivity contribution in [2.75, 3.05) is 12.0 Å². The van der Waals surface area contributed by atoms with E-state index in [2.05, 4.69) is 15.7 Å². The molecule has 2 aromatic rings. The van der Waals surface area contributed by atoms with Crippen molar-refractivity contribution < 1.29 is 0 Å². The van der Waals surface area contributed by atoms with Gasteiger partial charge in [0.05, 0.1) is 11.0 Å². The van der Waals surface area contributed by atoms with Gasteiger partial charge in [0.25, 0.3) is 0 Å². The average Bonchev–Trinajstić information content (AvgIpc) is 2.62. The smallest absolute Gasteiger partial charge is 0.185 e. The highest BCUT2D eigenvalue weighted by Gasteiger charge is 2.01. The van der Waals surface area contributed by atoms with Crippen LogP contribution in [-0.4, -0.2) is 21.3 Å². The number of para-hydroxylation sites is 2. The number of benzene rings is 1. The molecule has 0 aliphatic carbocycles. The predicted molar refractivity (Wildman–Crippen MR) is 65.4 cm³/mol. The first-order valence-electron chi connectivity index (χ1n) is 4.78. The molecule has 0 aliphatic rings. The lowest BCUT2D eigenvalue weighted by atomic mass is 10.3. The number of hydrogen-bond acceptors (Lipinski definition) is 2. The fraction of sp³-hybridized carbons (Fsp3) is 0.200. The lowest BCUT2D eigenvalue weighted by molar-refractivity contribution is 0.930. The van der Waals surface area contributed by atoms with Crippen LogP contribution in [0.15, 0.2) is 30.6 Å². The maximum absolute atomic E-state index is 5.09. The van der Waals surface area contributed by atoms with E-state index in [0.29, 0.717) is 5.11 Å². The van der Waals surface area contributed by atoms with Crippen molar-refractivity contribution in [2.45, 2.75) is 6.92 Å². The summed E-state index contributed by atoms with van der Waals surface area (Å²) in [6.07, 6.45) is 1.72. The highest BCUT2D eigenvalue weighted by molar-refractivity contribution is 7.80. The van der Waals surface area contributed by atoms with Gasteiger partial charge in [-0.25, -0.2) is 9.66 Å². The van der Waals surface area contributed by atoms with Crippen LogP contribution in [0.4, 0.5) is 0 Å². The van der Waals surface area contributed by atoms with E-state index in [1.54, 1.807) is 11.0 Å². The Morgan fingerprint density at radius 3 is 3.07 bits per heavy atom. The molecule has 0 saturated heterocycles. The predicted octanol–water partition coefficient (Wildman–Crippen LogP) is 1.47. The fourth-order valence-electron chi connectivity index (χ4n) is 1.36. The van der Waals surface area contributed by atoms with Crippen molar-refractivity contribution in [3.05, 3.63) is 30.6 Å². The van der Waals surface area contributed by atoms with Crippen LogP contribution in [0.2, 0.25) is 0 Å². The van der Waals surface area contributed by atoms with Crippen LogP contribution in [0.5, 0.6) is 0 Å². The first-order valence-corrected chi connectivity index (χ1v) is 5.19. The van der Waals surface area contributed by atoms with Gasteiger partial charge in [0.1, 0.15) is 6.33 Å². The standard InChI is InChI=1S/C10H12N4S/c1-2-11-10(15)13-14-7-12-8-5-3-4-6-9(8)14/h3-7H,2H2,1H3,(H2,11,13,15). The molecule has 0 fully saturated rings. The van der Waals surface area contributed by atoms with Gasteiger partial charge in [-0.05, 0) is 31.3 Å². The number of hydrogen-bond donors (Lipinski definition) is 2. The van der Waals surface area contributed by atoms with Gasteiger partial charge in [0, 0.05) is 6.54 Å². The summed E-state index contributed by atoms with van der Waals surface area (Å²) in [6, 6.07) is 7.88. The molecule has 1 aromatic heterocycles. The maximum Gasteiger partial charge on any atom is 0.185 e. The normalized spacial score (nSPS) is 10.2. The van der Waals surface area contributed by atoms with Gasteiger partial charge in [-0.2, -0.15) is 0 Å². The number of nitrogens with zero attached hydrogens (tertiary/aromatic N) is 2. The second kappa shape index (κ2) is 4.27. The summed E-state index contributed by atoms with van der Waals surface area (Å²) in [7, 11) is 0. The van der Waals surface area contributed by atoms with Gasteiger partial charge < -0.3 is 5.32 Å². The summed E-state index contributed by atoms with van der Waals surface area (Å²) in [5.74, 6) is 0. The molecule has 0 aliphatic heterocycles. The minimum absolute atomic E-state index is 0.598. The van der Waals surface area contributed by atoms with E-state index in [1.807, 2.05) is 31.2 Å². The zero-order chi connectivity index (χ0) is 10.7. The van der Waals surface area contributed by atoms with E-state index in [1.165, 1.54) is 0 Å². The molecule has 5 heteroatoms. The van der Waals surface area contributed by atoms with Crippen LogP contribution in [0.25, 0.3) is 11.0 Å². The first kappa shape index (κ1) is 9.92. The van der Waals surface area contributed by atoms with Gasteiger partial charge in [-0.15, -0.1) is 0 Å². The van der Waals surface area contributed by atoms with Crippen molar-refractivity contribution in [1.82, 2.24) is 15.0 Å². The Bertz CT molecular complexity index is 477. The molecule has 0 radical (unpaired) electrons. The third-order valence-electron chi connectivity index (χ3n) is 2.01. The van der Waals surface area contributed by atoms with E-state index in [4.69, 9.17) is 12.2 Å². The Morgan fingerprint density at radius 2 is 2.27 bits per heavy atom. The van der Waals surface area contributed by atoms with Crippen molar-refractivity contribution in [1.29, 1.82) is 0 Å². The summed E-state index contributed by atoms with van der Waals surface area (Å²) in [6.45, 7) is 2.80. The molecule has 78 valence electrons. The fourth-order valence-corrected chi connectivity index (χ4v) is 1.60. The number of nitrogens with one attached hydrogen (secondary N) is 2.